The van der Waals surface area contributed by atoms with E-state index in [1.165, 1.54) is 18.3 Å². The van der Waals surface area contributed by atoms with Gasteiger partial charge in [-0.05, 0) is 12.1 Å². The first-order chi connectivity index (χ1) is 5.72. The number of rotatable bonds is 1. The molecule has 4 nitrogen and oxygen atoms in total. The molecular formula is C8H11NO3. The molecule has 0 aliphatic rings. The Morgan fingerprint density at radius 1 is 1.50 bits per heavy atom. The molecule has 0 bridgehead atoms. The second kappa shape index (κ2) is 5.12. The highest BCUT2D eigenvalue weighted by Gasteiger charge is 2.08. The van der Waals surface area contributed by atoms with Crippen LogP contribution in [0.2, 0.25) is 0 Å². The molecule has 0 fully saturated rings. The van der Waals surface area contributed by atoms with Crippen LogP contribution in [-0.2, 0) is 0 Å². The number of aromatic carboxylic acids is 1. The Kier molecular flexibility index (Phi) is 4.45. The maximum Gasteiger partial charge on any atom is 0.358 e. The number of carboxylic acids is 1. The van der Waals surface area contributed by atoms with E-state index in [9.17, 15) is 4.79 Å². The first-order valence-electron chi connectivity index (χ1n) is 3.59. The Morgan fingerprint density at radius 2 is 2.08 bits per heavy atom. The van der Waals surface area contributed by atoms with Crippen LogP contribution in [0, 0.1) is 0 Å². The summed E-state index contributed by atoms with van der Waals surface area (Å²) >= 11 is 0. The average molecular weight is 169 g/mol. The molecule has 1 aromatic rings. The molecule has 1 aromatic heterocycles. The van der Waals surface area contributed by atoms with Gasteiger partial charge >= 0.3 is 5.97 Å². The minimum Gasteiger partial charge on any atom is -0.505 e. The molecule has 0 saturated heterocycles. The molecule has 0 unspecified atom stereocenters. The Hall–Kier alpha value is -1.58. The highest BCUT2D eigenvalue weighted by Crippen LogP contribution is 2.11. The number of hydrogen-bond acceptors (Lipinski definition) is 3. The van der Waals surface area contributed by atoms with Crippen molar-refractivity contribution in [2.45, 2.75) is 13.8 Å². The summed E-state index contributed by atoms with van der Waals surface area (Å²) in [6.07, 6.45) is 1.31. The van der Waals surface area contributed by atoms with E-state index in [4.69, 9.17) is 10.2 Å². The van der Waals surface area contributed by atoms with Crippen LogP contribution in [0.25, 0.3) is 0 Å². The quantitative estimate of drug-likeness (QED) is 0.668. The van der Waals surface area contributed by atoms with E-state index in [2.05, 4.69) is 4.98 Å². The minimum atomic E-state index is -1.22. The maximum absolute atomic E-state index is 10.2. The SMILES string of the molecule is CC.O=C(O)c1ncccc1O. The molecule has 0 radical (unpaired) electrons. The summed E-state index contributed by atoms with van der Waals surface area (Å²) in [6.45, 7) is 4.00. The van der Waals surface area contributed by atoms with E-state index in [0.717, 1.165) is 0 Å². The van der Waals surface area contributed by atoms with Crippen molar-refractivity contribution < 1.29 is 15.0 Å². The van der Waals surface area contributed by atoms with Gasteiger partial charge in [0.2, 0.25) is 0 Å². The van der Waals surface area contributed by atoms with E-state index in [1.54, 1.807) is 0 Å². The summed E-state index contributed by atoms with van der Waals surface area (Å²) in [5.74, 6) is -1.53. The number of aromatic hydroxyl groups is 1. The van der Waals surface area contributed by atoms with Gasteiger partial charge in [-0.15, -0.1) is 0 Å². The fraction of sp³-hybridized carbons (Fsp3) is 0.250. The summed E-state index contributed by atoms with van der Waals surface area (Å²) in [4.78, 5) is 13.6. The third kappa shape index (κ3) is 2.57. The first-order valence-corrected chi connectivity index (χ1v) is 3.59. The smallest absolute Gasteiger partial charge is 0.358 e. The van der Waals surface area contributed by atoms with E-state index in [0.29, 0.717) is 0 Å². The molecule has 4 heteroatoms. The molecule has 0 aliphatic carbocycles. The minimum absolute atomic E-state index is 0.310. The third-order valence-electron chi connectivity index (χ3n) is 0.989. The number of nitrogens with zero attached hydrogens (tertiary/aromatic N) is 1. The Labute approximate surface area is 70.5 Å². The van der Waals surface area contributed by atoms with E-state index < -0.39 is 5.97 Å². The van der Waals surface area contributed by atoms with Gasteiger partial charge in [-0.2, -0.15) is 0 Å². The largest absolute Gasteiger partial charge is 0.505 e. The number of hydrogen-bond donors (Lipinski definition) is 2. The Balaban J connectivity index is 0.000000561. The molecule has 0 saturated carbocycles. The van der Waals surface area contributed by atoms with Gasteiger partial charge in [0, 0.05) is 6.20 Å². The Morgan fingerprint density at radius 3 is 2.42 bits per heavy atom. The molecule has 0 aliphatic heterocycles. The second-order valence-electron chi connectivity index (χ2n) is 1.68. The lowest BCUT2D eigenvalue weighted by molar-refractivity contribution is 0.0687. The standard InChI is InChI=1S/C6H5NO3.C2H6/c8-4-2-1-3-7-5(4)6(9)10;1-2/h1-3,8H,(H,9,10);1-2H3. The van der Waals surface area contributed by atoms with Crippen LogP contribution in [-0.4, -0.2) is 21.2 Å². The van der Waals surface area contributed by atoms with Gasteiger partial charge in [0.15, 0.2) is 5.69 Å². The molecule has 1 heterocycles. The van der Waals surface area contributed by atoms with Crippen LogP contribution < -0.4 is 0 Å². The summed E-state index contributed by atoms with van der Waals surface area (Å²) in [5, 5.41) is 17.2. The van der Waals surface area contributed by atoms with Gasteiger partial charge in [-0.3, -0.25) is 0 Å². The zero-order valence-corrected chi connectivity index (χ0v) is 6.98. The van der Waals surface area contributed by atoms with Crippen molar-refractivity contribution >= 4 is 5.97 Å². The topological polar surface area (TPSA) is 70.4 Å². The zero-order valence-electron chi connectivity index (χ0n) is 6.98. The lowest BCUT2D eigenvalue weighted by Gasteiger charge is -1.93. The molecule has 66 valence electrons. The molecule has 0 atom stereocenters. The predicted octanol–water partition coefficient (Wildman–Crippen LogP) is 1.51. The maximum atomic E-state index is 10.2. The molecule has 2 N–H and O–H groups in total. The summed E-state index contributed by atoms with van der Waals surface area (Å²) < 4.78 is 0. The van der Waals surface area contributed by atoms with Crippen LogP contribution in [0.5, 0.6) is 5.75 Å². The van der Waals surface area contributed by atoms with Crippen molar-refractivity contribution in [1.82, 2.24) is 4.98 Å². The second-order valence-corrected chi connectivity index (χ2v) is 1.68. The molecule has 12 heavy (non-hydrogen) atoms. The molecule has 1 rings (SSSR count). The lowest BCUT2D eigenvalue weighted by atomic mass is 10.3. The van der Waals surface area contributed by atoms with Crippen LogP contribution in [0.3, 0.4) is 0 Å². The van der Waals surface area contributed by atoms with Crippen molar-refractivity contribution in [1.29, 1.82) is 0 Å². The fourth-order valence-electron chi connectivity index (χ4n) is 0.562. The lowest BCUT2D eigenvalue weighted by Crippen LogP contribution is -1.99. The number of aromatic nitrogens is 1. The van der Waals surface area contributed by atoms with Gasteiger partial charge in [0.25, 0.3) is 0 Å². The third-order valence-corrected chi connectivity index (χ3v) is 0.989. The first kappa shape index (κ1) is 10.4. The summed E-state index contributed by atoms with van der Waals surface area (Å²) in [7, 11) is 0. The van der Waals surface area contributed by atoms with Gasteiger partial charge < -0.3 is 10.2 Å². The van der Waals surface area contributed by atoms with Crippen molar-refractivity contribution in [3.05, 3.63) is 24.0 Å². The van der Waals surface area contributed by atoms with Gasteiger partial charge in [0.05, 0.1) is 0 Å². The molecule has 0 amide bonds. The number of carbonyl (C=O) groups is 1. The number of pyridine rings is 1. The van der Waals surface area contributed by atoms with Crippen molar-refractivity contribution in [3.63, 3.8) is 0 Å². The van der Waals surface area contributed by atoms with Crippen molar-refractivity contribution in [2.75, 3.05) is 0 Å². The zero-order chi connectivity index (χ0) is 9.56. The van der Waals surface area contributed by atoms with E-state index in [1.807, 2.05) is 13.8 Å². The van der Waals surface area contributed by atoms with Gasteiger partial charge in [-0.25, -0.2) is 9.78 Å². The normalized spacial score (nSPS) is 8.17. The molecule has 0 aromatic carbocycles. The van der Waals surface area contributed by atoms with Crippen LogP contribution in [0.4, 0.5) is 0 Å². The van der Waals surface area contributed by atoms with E-state index in [-0.39, 0.29) is 11.4 Å². The van der Waals surface area contributed by atoms with E-state index >= 15 is 0 Å². The summed E-state index contributed by atoms with van der Waals surface area (Å²) in [5.41, 5.74) is -0.317. The van der Waals surface area contributed by atoms with Crippen LogP contribution in [0.1, 0.15) is 24.3 Å². The van der Waals surface area contributed by atoms with Crippen molar-refractivity contribution in [3.8, 4) is 5.75 Å². The molecular weight excluding hydrogens is 158 g/mol. The fourth-order valence-corrected chi connectivity index (χ4v) is 0.562. The number of carboxylic acid groups (broad SMARTS) is 1. The van der Waals surface area contributed by atoms with Crippen LogP contribution >= 0.6 is 0 Å². The molecule has 0 spiro atoms. The predicted molar refractivity (Wildman–Crippen MR) is 44.2 cm³/mol. The monoisotopic (exact) mass is 169 g/mol. The Bertz CT molecular complexity index is 260. The highest BCUT2D eigenvalue weighted by atomic mass is 16.4. The van der Waals surface area contributed by atoms with Gasteiger partial charge in [0.1, 0.15) is 5.75 Å². The van der Waals surface area contributed by atoms with Crippen molar-refractivity contribution in [2.24, 2.45) is 0 Å². The highest BCUT2D eigenvalue weighted by molar-refractivity contribution is 5.88. The average Bonchev–Trinajstić information content (AvgIpc) is 2.08. The van der Waals surface area contributed by atoms with Crippen LogP contribution in [0.15, 0.2) is 18.3 Å². The van der Waals surface area contributed by atoms with Gasteiger partial charge in [-0.1, -0.05) is 13.8 Å². The summed E-state index contributed by atoms with van der Waals surface area (Å²) in [6, 6.07) is 2.73.